The van der Waals surface area contributed by atoms with Crippen LogP contribution in [0.2, 0.25) is 0 Å². The predicted molar refractivity (Wildman–Crippen MR) is 78.7 cm³/mol. The Labute approximate surface area is 122 Å². The van der Waals surface area contributed by atoms with E-state index in [2.05, 4.69) is 10.1 Å². The van der Waals surface area contributed by atoms with E-state index in [-0.39, 0.29) is 11.9 Å². The van der Waals surface area contributed by atoms with Gasteiger partial charge in [0.25, 0.3) is 0 Å². The van der Waals surface area contributed by atoms with Gasteiger partial charge in [-0.25, -0.2) is 4.98 Å². The Bertz CT molecular complexity index is 666. The fraction of sp³-hybridized carbons (Fsp3) is 0.333. The lowest BCUT2D eigenvalue weighted by atomic mass is 10.1. The third kappa shape index (κ3) is 2.90. The van der Waals surface area contributed by atoms with Gasteiger partial charge in [-0.1, -0.05) is 23.4 Å². The number of rotatable bonds is 3. The van der Waals surface area contributed by atoms with E-state index in [1.165, 1.54) is 0 Å². The second-order valence-corrected chi connectivity index (χ2v) is 4.94. The Morgan fingerprint density at radius 1 is 1.33 bits per heavy atom. The predicted octanol–water partition coefficient (Wildman–Crippen LogP) is 1.89. The SMILES string of the molecule is NC(=NO)c1cc(OC2CCOCC2)nc2ccccc12. The Kier molecular flexibility index (Phi) is 3.87. The van der Waals surface area contributed by atoms with Crippen LogP contribution in [0.5, 0.6) is 5.88 Å². The molecule has 3 rings (SSSR count). The van der Waals surface area contributed by atoms with Gasteiger partial charge in [-0.3, -0.25) is 0 Å². The molecule has 2 heterocycles. The van der Waals surface area contributed by atoms with Crippen LogP contribution in [-0.2, 0) is 4.74 Å². The van der Waals surface area contributed by atoms with Gasteiger partial charge < -0.3 is 20.4 Å². The summed E-state index contributed by atoms with van der Waals surface area (Å²) in [7, 11) is 0. The number of fused-ring (bicyclic) bond motifs is 1. The number of hydrogen-bond acceptors (Lipinski definition) is 5. The fourth-order valence-electron chi connectivity index (χ4n) is 2.44. The van der Waals surface area contributed by atoms with E-state index in [0.717, 1.165) is 23.7 Å². The first-order chi connectivity index (χ1) is 10.3. The molecule has 1 fully saturated rings. The number of nitrogens with two attached hydrogens (primary N) is 1. The van der Waals surface area contributed by atoms with E-state index in [1.807, 2.05) is 24.3 Å². The second-order valence-electron chi connectivity index (χ2n) is 4.94. The zero-order chi connectivity index (χ0) is 14.7. The lowest BCUT2D eigenvalue weighted by molar-refractivity contribution is 0.0239. The number of ether oxygens (including phenoxy) is 2. The van der Waals surface area contributed by atoms with Gasteiger partial charge in [0.2, 0.25) is 5.88 Å². The summed E-state index contributed by atoms with van der Waals surface area (Å²) in [5.41, 5.74) is 7.13. The summed E-state index contributed by atoms with van der Waals surface area (Å²) in [4.78, 5) is 4.49. The van der Waals surface area contributed by atoms with Gasteiger partial charge >= 0.3 is 0 Å². The third-order valence-electron chi connectivity index (χ3n) is 3.53. The van der Waals surface area contributed by atoms with Crippen molar-refractivity contribution >= 4 is 16.7 Å². The van der Waals surface area contributed by atoms with Crippen molar-refractivity contribution in [1.82, 2.24) is 4.98 Å². The van der Waals surface area contributed by atoms with Crippen molar-refractivity contribution in [3.63, 3.8) is 0 Å². The van der Waals surface area contributed by atoms with Crippen LogP contribution in [0.1, 0.15) is 18.4 Å². The molecule has 0 spiro atoms. The maximum atomic E-state index is 8.95. The lowest BCUT2D eigenvalue weighted by Gasteiger charge is -2.23. The summed E-state index contributed by atoms with van der Waals surface area (Å²) >= 11 is 0. The standard InChI is InChI=1S/C15H17N3O3/c16-15(18-19)12-9-14(21-10-5-7-20-8-6-10)17-13-4-2-1-3-11(12)13/h1-4,9-10,19H,5-8H2,(H2,16,18). The number of pyridine rings is 1. The van der Waals surface area contributed by atoms with E-state index in [0.29, 0.717) is 24.7 Å². The van der Waals surface area contributed by atoms with Crippen LogP contribution in [0.25, 0.3) is 10.9 Å². The highest BCUT2D eigenvalue weighted by molar-refractivity contribution is 6.08. The molecule has 21 heavy (non-hydrogen) atoms. The van der Waals surface area contributed by atoms with E-state index in [9.17, 15) is 0 Å². The molecule has 0 amide bonds. The molecule has 0 saturated carbocycles. The van der Waals surface area contributed by atoms with Crippen molar-refractivity contribution in [3.8, 4) is 5.88 Å². The molecule has 0 bridgehead atoms. The van der Waals surface area contributed by atoms with Crippen LogP contribution in [0.15, 0.2) is 35.5 Å². The molecule has 1 aliphatic rings. The van der Waals surface area contributed by atoms with Gasteiger partial charge in [-0.2, -0.15) is 0 Å². The smallest absolute Gasteiger partial charge is 0.214 e. The summed E-state index contributed by atoms with van der Waals surface area (Å²) in [6.07, 6.45) is 1.77. The number of aromatic nitrogens is 1. The summed E-state index contributed by atoms with van der Waals surface area (Å²) in [6.45, 7) is 1.40. The van der Waals surface area contributed by atoms with E-state index >= 15 is 0 Å². The van der Waals surface area contributed by atoms with E-state index < -0.39 is 0 Å². The molecule has 1 saturated heterocycles. The molecule has 110 valence electrons. The molecule has 0 radical (unpaired) electrons. The second kappa shape index (κ2) is 5.97. The monoisotopic (exact) mass is 287 g/mol. The summed E-state index contributed by atoms with van der Waals surface area (Å²) in [5.74, 6) is 0.535. The average Bonchev–Trinajstić information content (AvgIpc) is 2.54. The van der Waals surface area contributed by atoms with Crippen LogP contribution in [0.4, 0.5) is 0 Å². The minimum absolute atomic E-state index is 0.0467. The Morgan fingerprint density at radius 3 is 2.86 bits per heavy atom. The van der Waals surface area contributed by atoms with Crippen LogP contribution >= 0.6 is 0 Å². The molecule has 1 aliphatic heterocycles. The number of para-hydroxylation sites is 1. The fourth-order valence-corrected chi connectivity index (χ4v) is 2.44. The third-order valence-corrected chi connectivity index (χ3v) is 3.53. The van der Waals surface area contributed by atoms with E-state index in [4.69, 9.17) is 20.4 Å². The molecule has 1 aromatic heterocycles. The van der Waals surface area contributed by atoms with Crippen molar-refractivity contribution in [2.45, 2.75) is 18.9 Å². The van der Waals surface area contributed by atoms with Gasteiger partial charge in [-0.05, 0) is 6.07 Å². The average molecular weight is 287 g/mol. The molecular formula is C15H17N3O3. The Hall–Kier alpha value is -2.34. The first-order valence-electron chi connectivity index (χ1n) is 6.90. The van der Waals surface area contributed by atoms with Crippen molar-refractivity contribution in [2.24, 2.45) is 10.9 Å². The number of amidine groups is 1. The molecule has 2 aromatic rings. The zero-order valence-corrected chi connectivity index (χ0v) is 11.5. The molecule has 6 nitrogen and oxygen atoms in total. The highest BCUT2D eigenvalue weighted by Crippen LogP contribution is 2.24. The first kappa shape index (κ1) is 13.6. The van der Waals surface area contributed by atoms with Crippen molar-refractivity contribution in [1.29, 1.82) is 0 Å². The van der Waals surface area contributed by atoms with Crippen molar-refractivity contribution < 1.29 is 14.7 Å². The van der Waals surface area contributed by atoms with Crippen LogP contribution < -0.4 is 10.5 Å². The highest BCUT2D eigenvalue weighted by atomic mass is 16.5. The maximum absolute atomic E-state index is 8.95. The van der Waals surface area contributed by atoms with E-state index in [1.54, 1.807) is 6.07 Å². The van der Waals surface area contributed by atoms with Crippen LogP contribution in [-0.4, -0.2) is 35.3 Å². The molecule has 1 aromatic carbocycles. The topological polar surface area (TPSA) is 90.0 Å². The molecule has 0 atom stereocenters. The van der Waals surface area contributed by atoms with Gasteiger partial charge in [0.05, 0.1) is 18.7 Å². The molecule has 6 heteroatoms. The zero-order valence-electron chi connectivity index (χ0n) is 11.5. The van der Waals surface area contributed by atoms with Crippen molar-refractivity contribution in [2.75, 3.05) is 13.2 Å². The quantitative estimate of drug-likeness (QED) is 0.389. The largest absolute Gasteiger partial charge is 0.474 e. The lowest BCUT2D eigenvalue weighted by Crippen LogP contribution is -2.26. The number of hydrogen-bond donors (Lipinski definition) is 2. The van der Waals surface area contributed by atoms with Crippen LogP contribution in [0.3, 0.4) is 0 Å². The van der Waals surface area contributed by atoms with Crippen molar-refractivity contribution in [3.05, 3.63) is 35.9 Å². The number of nitrogens with zero attached hydrogens (tertiary/aromatic N) is 2. The Balaban J connectivity index is 1.99. The molecular weight excluding hydrogens is 270 g/mol. The normalized spacial score (nSPS) is 17.0. The summed E-state index contributed by atoms with van der Waals surface area (Å²) < 4.78 is 11.2. The minimum Gasteiger partial charge on any atom is -0.474 e. The van der Waals surface area contributed by atoms with Gasteiger partial charge in [0.15, 0.2) is 5.84 Å². The molecule has 3 N–H and O–H groups in total. The van der Waals surface area contributed by atoms with Crippen LogP contribution in [0, 0.1) is 0 Å². The minimum atomic E-state index is 0.0467. The van der Waals surface area contributed by atoms with Gasteiger partial charge in [0.1, 0.15) is 6.10 Å². The number of benzene rings is 1. The highest BCUT2D eigenvalue weighted by Gasteiger charge is 2.17. The molecule has 0 unspecified atom stereocenters. The van der Waals surface area contributed by atoms with Gasteiger partial charge in [-0.15, -0.1) is 0 Å². The van der Waals surface area contributed by atoms with Gasteiger partial charge in [0, 0.05) is 29.9 Å². The summed E-state index contributed by atoms with van der Waals surface area (Å²) in [6, 6.07) is 9.25. The number of oxime groups is 1. The summed E-state index contributed by atoms with van der Waals surface area (Å²) in [5, 5.41) is 12.9. The first-order valence-corrected chi connectivity index (χ1v) is 6.90. The molecule has 0 aliphatic carbocycles. The Morgan fingerprint density at radius 2 is 2.10 bits per heavy atom. The maximum Gasteiger partial charge on any atom is 0.214 e.